The topological polar surface area (TPSA) is 98.2 Å². The van der Waals surface area contributed by atoms with Crippen LogP contribution >= 0.6 is 11.8 Å². The standard InChI is InChI=1S/C12H21N3O2S2/c1-8(18-3)4-5-15-11-6-10(13)7-12(9(11)2)19(14,16)17/h6-8,15H,4-5,13H2,1-3H3,(H2,14,16,17). The molecule has 19 heavy (non-hydrogen) atoms. The van der Waals surface area contributed by atoms with Crippen LogP contribution in [-0.2, 0) is 10.0 Å². The molecule has 1 rings (SSSR count). The highest BCUT2D eigenvalue weighted by Gasteiger charge is 2.15. The van der Waals surface area contributed by atoms with Gasteiger partial charge in [0.15, 0.2) is 0 Å². The van der Waals surface area contributed by atoms with E-state index in [1.54, 1.807) is 24.8 Å². The first-order valence-corrected chi connectivity index (χ1v) is 8.78. The normalized spacial score (nSPS) is 13.3. The van der Waals surface area contributed by atoms with Gasteiger partial charge in [-0.1, -0.05) is 6.92 Å². The number of nitrogens with one attached hydrogen (secondary N) is 1. The Balaban J connectivity index is 2.93. The second-order valence-electron chi connectivity index (χ2n) is 4.50. The average Bonchev–Trinajstić information content (AvgIpc) is 2.31. The number of thioether (sulfide) groups is 1. The van der Waals surface area contributed by atoms with Crippen molar-refractivity contribution in [2.24, 2.45) is 5.14 Å². The SMILES string of the molecule is CSC(C)CCNc1cc(N)cc(S(N)(=O)=O)c1C. The van der Waals surface area contributed by atoms with Gasteiger partial charge in [0.2, 0.25) is 10.0 Å². The van der Waals surface area contributed by atoms with E-state index in [4.69, 9.17) is 10.9 Å². The van der Waals surface area contributed by atoms with Gasteiger partial charge in [-0.15, -0.1) is 0 Å². The van der Waals surface area contributed by atoms with Crippen molar-refractivity contribution in [3.05, 3.63) is 17.7 Å². The van der Waals surface area contributed by atoms with E-state index in [9.17, 15) is 8.42 Å². The summed E-state index contributed by atoms with van der Waals surface area (Å²) in [5, 5.41) is 8.95. The molecule has 0 amide bonds. The molecule has 0 saturated carbocycles. The molecule has 108 valence electrons. The molecule has 1 atom stereocenters. The predicted molar refractivity (Wildman–Crippen MR) is 83.0 cm³/mol. The van der Waals surface area contributed by atoms with Gasteiger partial charge in [0.1, 0.15) is 0 Å². The molecule has 5 nitrogen and oxygen atoms in total. The number of nitrogens with two attached hydrogens (primary N) is 2. The van der Waals surface area contributed by atoms with Gasteiger partial charge in [-0.05, 0) is 37.3 Å². The highest BCUT2D eigenvalue weighted by molar-refractivity contribution is 7.99. The second kappa shape index (κ2) is 6.49. The van der Waals surface area contributed by atoms with E-state index in [2.05, 4.69) is 18.5 Å². The first-order chi connectivity index (χ1) is 8.75. The molecule has 0 aliphatic heterocycles. The van der Waals surface area contributed by atoms with Crippen molar-refractivity contribution in [2.75, 3.05) is 23.9 Å². The zero-order valence-electron chi connectivity index (χ0n) is 11.4. The van der Waals surface area contributed by atoms with Gasteiger partial charge in [0.05, 0.1) is 4.90 Å². The molecule has 0 spiro atoms. The van der Waals surface area contributed by atoms with Crippen LogP contribution in [0.2, 0.25) is 0 Å². The van der Waals surface area contributed by atoms with E-state index in [0.29, 0.717) is 16.5 Å². The minimum absolute atomic E-state index is 0.0768. The molecule has 1 aromatic rings. The fraction of sp³-hybridized carbons (Fsp3) is 0.500. The van der Waals surface area contributed by atoms with Crippen LogP contribution in [-0.4, -0.2) is 26.5 Å². The minimum atomic E-state index is -3.75. The van der Waals surface area contributed by atoms with Crippen molar-refractivity contribution >= 4 is 33.2 Å². The van der Waals surface area contributed by atoms with Gasteiger partial charge in [-0.3, -0.25) is 0 Å². The third-order valence-corrected chi connectivity index (χ3v) is 5.04. The maximum absolute atomic E-state index is 11.5. The molecular weight excluding hydrogens is 282 g/mol. The van der Waals surface area contributed by atoms with Crippen molar-refractivity contribution in [3.63, 3.8) is 0 Å². The van der Waals surface area contributed by atoms with E-state index in [-0.39, 0.29) is 4.90 Å². The molecule has 1 unspecified atom stereocenters. The molecule has 0 aliphatic carbocycles. The Morgan fingerprint density at radius 3 is 2.58 bits per heavy atom. The van der Waals surface area contributed by atoms with Crippen molar-refractivity contribution in [3.8, 4) is 0 Å². The summed E-state index contributed by atoms with van der Waals surface area (Å²) in [5.74, 6) is 0. The number of nitrogen functional groups attached to an aromatic ring is 1. The van der Waals surface area contributed by atoms with E-state index in [1.165, 1.54) is 6.07 Å². The molecule has 0 saturated heterocycles. The van der Waals surface area contributed by atoms with Crippen molar-refractivity contribution in [1.29, 1.82) is 0 Å². The summed E-state index contributed by atoms with van der Waals surface area (Å²) in [5.41, 5.74) is 7.43. The van der Waals surface area contributed by atoms with Crippen LogP contribution in [0.15, 0.2) is 17.0 Å². The summed E-state index contributed by atoms with van der Waals surface area (Å²) in [6.07, 6.45) is 3.05. The lowest BCUT2D eigenvalue weighted by molar-refractivity contribution is 0.597. The second-order valence-corrected chi connectivity index (χ2v) is 7.30. The zero-order valence-corrected chi connectivity index (χ0v) is 13.1. The summed E-state index contributed by atoms with van der Waals surface area (Å²) in [7, 11) is -3.75. The maximum Gasteiger partial charge on any atom is 0.238 e. The third kappa shape index (κ3) is 4.59. The van der Waals surface area contributed by atoms with Crippen LogP contribution < -0.4 is 16.2 Å². The van der Waals surface area contributed by atoms with Gasteiger partial charge < -0.3 is 11.1 Å². The predicted octanol–water partition coefficient (Wildman–Crippen LogP) is 1.78. The summed E-state index contributed by atoms with van der Waals surface area (Å²) in [6.45, 7) is 4.63. The Hall–Kier alpha value is -0.920. The van der Waals surface area contributed by atoms with Crippen molar-refractivity contribution in [1.82, 2.24) is 0 Å². The quantitative estimate of drug-likeness (QED) is 0.696. The van der Waals surface area contributed by atoms with Crippen molar-refractivity contribution < 1.29 is 8.42 Å². The average molecular weight is 303 g/mol. The fourth-order valence-electron chi connectivity index (χ4n) is 1.72. The lowest BCUT2D eigenvalue weighted by Crippen LogP contribution is -2.16. The number of sulfonamides is 1. The lowest BCUT2D eigenvalue weighted by atomic mass is 10.1. The number of benzene rings is 1. The summed E-state index contributed by atoms with van der Waals surface area (Å²) >= 11 is 1.79. The molecule has 0 aromatic heterocycles. The first kappa shape index (κ1) is 16.1. The number of rotatable bonds is 6. The Bertz CT molecular complexity index is 544. The number of hydrogen-bond acceptors (Lipinski definition) is 5. The van der Waals surface area contributed by atoms with E-state index < -0.39 is 10.0 Å². The molecule has 0 aliphatic rings. The number of primary sulfonamides is 1. The van der Waals surface area contributed by atoms with Crippen LogP contribution in [0, 0.1) is 6.92 Å². The molecule has 1 aromatic carbocycles. The molecular formula is C12H21N3O2S2. The summed E-state index contributed by atoms with van der Waals surface area (Å²) in [6, 6.07) is 3.12. The highest BCUT2D eigenvalue weighted by Crippen LogP contribution is 2.26. The fourth-order valence-corrected chi connectivity index (χ4v) is 2.91. The smallest absolute Gasteiger partial charge is 0.238 e. The van der Waals surface area contributed by atoms with Crippen LogP contribution in [0.4, 0.5) is 11.4 Å². The Kier molecular flexibility index (Phi) is 5.51. The summed E-state index contributed by atoms with van der Waals surface area (Å²) in [4.78, 5) is 0.0768. The third-order valence-electron chi connectivity index (χ3n) is 2.96. The van der Waals surface area contributed by atoms with Crippen LogP contribution in [0.25, 0.3) is 0 Å². The molecule has 7 heteroatoms. The molecule has 0 radical (unpaired) electrons. The summed E-state index contributed by atoms with van der Waals surface area (Å²) < 4.78 is 23.0. The maximum atomic E-state index is 11.5. The zero-order chi connectivity index (χ0) is 14.6. The number of anilines is 2. The largest absolute Gasteiger partial charge is 0.399 e. The number of hydrogen-bond donors (Lipinski definition) is 3. The van der Waals surface area contributed by atoms with Gasteiger partial charge in [0.25, 0.3) is 0 Å². The van der Waals surface area contributed by atoms with Crippen LogP contribution in [0.5, 0.6) is 0 Å². The van der Waals surface area contributed by atoms with E-state index >= 15 is 0 Å². The monoisotopic (exact) mass is 303 g/mol. The Morgan fingerprint density at radius 2 is 2.05 bits per heavy atom. The molecule has 0 heterocycles. The first-order valence-electron chi connectivity index (χ1n) is 5.95. The van der Waals surface area contributed by atoms with Crippen LogP contribution in [0.3, 0.4) is 0 Å². The molecule has 0 bridgehead atoms. The van der Waals surface area contributed by atoms with Crippen LogP contribution in [0.1, 0.15) is 18.9 Å². The van der Waals surface area contributed by atoms with Gasteiger partial charge in [-0.2, -0.15) is 11.8 Å². The Labute approximate surface area is 119 Å². The van der Waals surface area contributed by atoms with E-state index in [1.807, 2.05) is 0 Å². The van der Waals surface area contributed by atoms with E-state index in [0.717, 1.165) is 18.7 Å². The van der Waals surface area contributed by atoms with Crippen molar-refractivity contribution in [2.45, 2.75) is 30.4 Å². The lowest BCUT2D eigenvalue weighted by Gasteiger charge is -2.15. The van der Waals surface area contributed by atoms with Gasteiger partial charge >= 0.3 is 0 Å². The highest BCUT2D eigenvalue weighted by atomic mass is 32.2. The Morgan fingerprint density at radius 1 is 1.42 bits per heavy atom. The molecule has 0 fully saturated rings. The minimum Gasteiger partial charge on any atom is -0.399 e. The van der Waals surface area contributed by atoms with Gasteiger partial charge in [-0.25, -0.2) is 13.6 Å². The molecule has 5 N–H and O–H groups in total. The van der Waals surface area contributed by atoms with Gasteiger partial charge in [0, 0.05) is 23.2 Å².